The summed E-state index contributed by atoms with van der Waals surface area (Å²) in [6.45, 7) is 1.71. The maximum Gasteiger partial charge on any atom is 0.149 e. The first-order valence-corrected chi connectivity index (χ1v) is 7.03. The minimum absolute atomic E-state index is 0.0575. The summed E-state index contributed by atoms with van der Waals surface area (Å²) >= 11 is 0. The first kappa shape index (κ1) is 12.8. The van der Waals surface area contributed by atoms with Gasteiger partial charge in [0.2, 0.25) is 0 Å². The number of carbonyl (C=O) groups is 1. The minimum atomic E-state index is -0.387. The fourth-order valence-corrected chi connectivity index (χ4v) is 3.35. The van der Waals surface area contributed by atoms with Gasteiger partial charge in [0.1, 0.15) is 5.78 Å². The summed E-state index contributed by atoms with van der Waals surface area (Å²) in [5.74, 6) is 0.230. The van der Waals surface area contributed by atoms with Crippen LogP contribution in [0.5, 0.6) is 0 Å². The van der Waals surface area contributed by atoms with Crippen molar-refractivity contribution >= 4 is 5.78 Å². The molecular weight excluding hydrogens is 240 g/mol. The van der Waals surface area contributed by atoms with Crippen molar-refractivity contribution in [3.05, 3.63) is 29.6 Å². The summed E-state index contributed by atoms with van der Waals surface area (Å²) in [6.07, 6.45) is 5.12. The number of fused-ring (bicyclic) bond motifs is 1. The van der Waals surface area contributed by atoms with Crippen LogP contribution in [0.3, 0.4) is 0 Å². The van der Waals surface area contributed by atoms with Crippen LogP contribution in [0.4, 0.5) is 0 Å². The van der Waals surface area contributed by atoms with E-state index in [1.807, 2.05) is 6.07 Å². The highest BCUT2D eigenvalue weighted by Crippen LogP contribution is 2.41. The number of ketones is 1. The zero-order valence-electron chi connectivity index (χ0n) is 11.1. The molecule has 0 aromatic carbocycles. The highest BCUT2D eigenvalue weighted by atomic mass is 16.5. The molecule has 1 aromatic heterocycles. The lowest BCUT2D eigenvalue weighted by molar-refractivity contribution is -0.135. The third-order valence-corrected chi connectivity index (χ3v) is 4.64. The molecule has 2 aliphatic rings. The Morgan fingerprint density at radius 3 is 3.00 bits per heavy atom. The number of nitrogens with zero attached hydrogens (tertiary/aromatic N) is 1. The van der Waals surface area contributed by atoms with Crippen molar-refractivity contribution in [2.24, 2.45) is 11.1 Å². The van der Waals surface area contributed by atoms with Crippen LogP contribution in [-0.2, 0) is 16.0 Å². The number of aromatic nitrogens is 1. The van der Waals surface area contributed by atoms with E-state index in [1.165, 1.54) is 5.56 Å². The summed E-state index contributed by atoms with van der Waals surface area (Å²) in [5.41, 5.74) is 7.74. The molecule has 1 fully saturated rings. The van der Waals surface area contributed by atoms with E-state index in [4.69, 9.17) is 10.5 Å². The van der Waals surface area contributed by atoms with Crippen molar-refractivity contribution in [3.63, 3.8) is 0 Å². The minimum Gasteiger partial charge on any atom is -0.381 e. The third kappa shape index (κ3) is 2.09. The quantitative estimate of drug-likeness (QED) is 0.893. The lowest BCUT2D eigenvalue weighted by atomic mass is 9.71. The second-order valence-corrected chi connectivity index (χ2v) is 5.60. The Morgan fingerprint density at radius 1 is 1.47 bits per heavy atom. The van der Waals surface area contributed by atoms with Crippen LogP contribution in [0.1, 0.15) is 36.4 Å². The average molecular weight is 260 g/mol. The number of hydrogen-bond donors (Lipinski definition) is 1. The maximum absolute atomic E-state index is 12.9. The molecule has 1 aliphatic heterocycles. The summed E-state index contributed by atoms with van der Waals surface area (Å²) in [6, 6.07) is 4.02. The van der Waals surface area contributed by atoms with E-state index in [2.05, 4.69) is 11.1 Å². The van der Waals surface area contributed by atoms with Crippen LogP contribution in [0.2, 0.25) is 0 Å². The van der Waals surface area contributed by atoms with Gasteiger partial charge in [-0.15, -0.1) is 0 Å². The number of rotatable bonds is 3. The molecular formula is C15H20N2O2. The molecule has 0 saturated carbocycles. The standard InChI is InChI=1S/C15H20N2O2/c16-10-15(5-8-19-9-6-15)14(18)12-4-3-11-2-1-7-17-13(11)12/h1-2,7,12H,3-6,8-10,16H2. The van der Waals surface area contributed by atoms with E-state index in [0.29, 0.717) is 19.8 Å². The second kappa shape index (κ2) is 5.02. The number of hydrogen-bond acceptors (Lipinski definition) is 4. The maximum atomic E-state index is 12.9. The molecule has 0 bridgehead atoms. The Hall–Kier alpha value is -1.26. The first-order chi connectivity index (χ1) is 9.27. The zero-order chi connectivity index (χ0) is 13.3. The Bertz CT molecular complexity index is 481. The fraction of sp³-hybridized carbons (Fsp3) is 0.600. The van der Waals surface area contributed by atoms with Gasteiger partial charge in [0.15, 0.2) is 0 Å². The highest BCUT2D eigenvalue weighted by Gasteiger charge is 2.44. The largest absolute Gasteiger partial charge is 0.381 e. The van der Waals surface area contributed by atoms with Gasteiger partial charge in [0.05, 0.1) is 11.6 Å². The van der Waals surface area contributed by atoms with Crippen LogP contribution in [0, 0.1) is 5.41 Å². The van der Waals surface area contributed by atoms with Crippen molar-refractivity contribution in [1.82, 2.24) is 4.98 Å². The van der Waals surface area contributed by atoms with Gasteiger partial charge < -0.3 is 10.5 Å². The lowest BCUT2D eigenvalue weighted by Gasteiger charge is -2.36. The lowest BCUT2D eigenvalue weighted by Crippen LogP contribution is -2.45. The van der Waals surface area contributed by atoms with Gasteiger partial charge in [-0.25, -0.2) is 0 Å². The number of aryl methyl sites for hydroxylation is 1. The van der Waals surface area contributed by atoms with Crippen molar-refractivity contribution in [1.29, 1.82) is 0 Å². The molecule has 2 N–H and O–H groups in total. The number of nitrogens with two attached hydrogens (primary N) is 1. The van der Waals surface area contributed by atoms with Crippen molar-refractivity contribution < 1.29 is 9.53 Å². The zero-order valence-corrected chi connectivity index (χ0v) is 11.1. The number of ether oxygens (including phenoxy) is 1. The van der Waals surface area contributed by atoms with Gasteiger partial charge in [-0.3, -0.25) is 9.78 Å². The average Bonchev–Trinajstić information content (AvgIpc) is 2.91. The SMILES string of the molecule is NCC1(C(=O)C2CCc3cccnc32)CCOCC1. The molecule has 0 radical (unpaired) electrons. The summed E-state index contributed by atoms with van der Waals surface area (Å²) in [4.78, 5) is 17.4. The van der Waals surface area contributed by atoms with E-state index in [-0.39, 0.29) is 17.1 Å². The molecule has 0 spiro atoms. The molecule has 1 saturated heterocycles. The Balaban J connectivity index is 1.88. The van der Waals surface area contributed by atoms with Gasteiger partial charge in [-0.2, -0.15) is 0 Å². The summed E-state index contributed by atoms with van der Waals surface area (Å²) in [5, 5.41) is 0. The van der Waals surface area contributed by atoms with Gasteiger partial charge in [-0.1, -0.05) is 6.07 Å². The number of carbonyl (C=O) groups excluding carboxylic acids is 1. The van der Waals surface area contributed by atoms with E-state index < -0.39 is 0 Å². The predicted octanol–water partition coefficient (Wildman–Crippen LogP) is 1.44. The van der Waals surface area contributed by atoms with E-state index >= 15 is 0 Å². The van der Waals surface area contributed by atoms with E-state index in [9.17, 15) is 4.79 Å². The van der Waals surface area contributed by atoms with Crippen molar-refractivity contribution in [3.8, 4) is 0 Å². The molecule has 1 unspecified atom stereocenters. The Kier molecular flexibility index (Phi) is 3.37. The number of Topliss-reactive ketones (excluding diaryl/α,β-unsaturated/α-hetero) is 1. The molecule has 4 nitrogen and oxygen atoms in total. The molecule has 4 heteroatoms. The Morgan fingerprint density at radius 2 is 2.26 bits per heavy atom. The van der Waals surface area contributed by atoms with Gasteiger partial charge in [0.25, 0.3) is 0 Å². The van der Waals surface area contributed by atoms with E-state index in [0.717, 1.165) is 31.4 Å². The van der Waals surface area contributed by atoms with Crippen LogP contribution >= 0.6 is 0 Å². The number of pyridine rings is 1. The highest BCUT2D eigenvalue weighted by molar-refractivity contribution is 5.92. The summed E-state index contributed by atoms with van der Waals surface area (Å²) in [7, 11) is 0. The normalized spacial score (nSPS) is 25.0. The van der Waals surface area contributed by atoms with Crippen LogP contribution in [0.15, 0.2) is 18.3 Å². The smallest absolute Gasteiger partial charge is 0.149 e. The molecule has 102 valence electrons. The monoisotopic (exact) mass is 260 g/mol. The van der Waals surface area contributed by atoms with E-state index in [1.54, 1.807) is 6.20 Å². The van der Waals surface area contributed by atoms with Crippen LogP contribution in [-0.4, -0.2) is 30.5 Å². The Labute approximate surface area is 113 Å². The molecule has 2 heterocycles. The van der Waals surface area contributed by atoms with Gasteiger partial charge in [0, 0.05) is 31.4 Å². The van der Waals surface area contributed by atoms with Gasteiger partial charge >= 0.3 is 0 Å². The molecule has 19 heavy (non-hydrogen) atoms. The first-order valence-electron chi connectivity index (χ1n) is 7.03. The van der Waals surface area contributed by atoms with Gasteiger partial charge in [-0.05, 0) is 37.3 Å². The van der Waals surface area contributed by atoms with Crippen LogP contribution < -0.4 is 5.73 Å². The second-order valence-electron chi connectivity index (χ2n) is 5.60. The van der Waals surface area contributed by atoms with Crippen LogP contribution in [0.25, 0.3) is 0 Å². The topological polar surface area (TPSA) is 65.2 Å². The summed E-state index contributed by atoms with van der Waals surface area (Å²) < 4.78 is 5.39. The molecule has 1 atom stereocenters. The fourth-order valence-electron chi connectivity index (χ4n) is 3.35. The van der Waals surface area contributed by atoms with Crippen molar-refractivity contribution in [2.75, 3.05) is 19.8 Å². The molecule has 0 amide bonds. The third-order valence-electron chi connectivity index (χ3n) is 4.64. The molecule has 1 aliphatic carbocycles. The molecule has 1 aromatic rings. The molecule has 3 rings (SSSR count). The van der Waals surface area contributed by atoms with Crippen molar-refractivity contribution in [2.45, 2.75) is 31.6 Å². The predicted molar refractivity (Wildman–Crippen MR) is 71.8 cm³/mol.